The number of aliphatic hydroxyl groups excluding tert-OH is 1. The molecule has 1 N–H and O–H groups in total. The van der Waals surface area contributed by atoms with E-state index >= 15 is 0 Å². The van der Waals surface area contributed by atoms with E-state index in [0.29, 0.717) is 4.90 Å². The molecule has 0 spiro atoms. The highest BCUT2D eigenvalue weighted by atomic mass is 32.2. The summed E-state index contributed by atoms with van der Waals surface area (Å²) in [5, 5.41) is 20.8. The number of rotatable bonds is 3. The van der Waals surface area contributed by atoms with Crippen LogP contribution in [0, 0.1) is 10.1 Å². The number of aliphatic hydroxyl groups is 1. The number of thioether (sulfide) groups is 1. The van der Waals surface area contributed by atoms with E-state index in [9.17, 15) is 15.2 Å². The van der Waals surface area contributed by atoms with Gasteiger partial charge in [0.1, 0.15) is 0 Å². The van der Waals surface area contributed by atoms with Crippen molar-refractivity contribution in [2.75, 3.05) is 0 Å². The summed E-state index contributed by atoms with van der Waals surface area (Å²) in [6.07, 6.45) is 3.54. The SMILES string of the molecule is O=[N+]([O-])c1ccccc1S[C@@H]1CCCC[C@H]1O. The molecule has 17 heavy (non-hydrogen) atoms. The van der Waals surface area contributed by atoms with Gasteiger partial charge < -0.3 is 5.11 Å². The Labute approximate surface area is 104 Å². The average molecular weight is 253 g/mol. The Balaban J connectivity index is 2.14. The predicted molar refractivity (Wildman–Crippen MR) is 67.2 cm³/mol. The van der Waals surface area contributed by atoms with Crippen molar-refractivity contribution in [3.05, 3.63) is 34.4 Å². The summed E-state index contributed by atoms with van der Waals surface area (Å²) in [4.78, 5) is 11.2. The van der Waals surface area contributed by atoms with Crippen molar-refractivity contribution in [2.45, 2.75) is 41.9 Å². The van der Waals surface area contributed by atoms with Crippen LogP contribution in [-0.4, -0.2) is 21.4 Å². The van der Waals surface area contributed by atoms with Crippen LogP contribution in [0.4, 0.5) is 5.69 Å². The molecule has 1 aliphatic carbocycles. The minimum absolute atomic E-state index is 0.0878. The van der Waals surface area contributed by atoms with Crippen molar-refractivity contribution in [2.24, 2.45) is 0 Å². The zero-order valence-electron chi connectivity index (χ0n) is 9.41. The largest absolute Gasteiger partial charge is 0.392 e. The molecule has 92 valence electrons. The molecule has 1 fully saturated rings. The average Bonchev–Trinajstić information content (AvgIpc) is 2.32. The molecule has 1 saturated carbocycles. The first-order valence-electron chi connectivity index (χ1n) is 5.76. The van der Waals surface area contributed by atoms with Crippen molar-refractivity contribution in [3.8, 4) is 0 Å². The molecule has 4 nitrogen and oxygen atoms in total. The van der Waals surface area contributed by atoms with Gasteiger partial charge in [-0.15, -0.1) is 11.8 Å². The molecule has 0 heterocycles. The zero-order valence-corrected chi connectivity index (χ0v) is 10.2. The van der Waals surface area contributed by atoms with E-state index in [0.717, 1.165) is 25.7 Å². The Morgan fingerprint density at radius 3 is 2.71 bits per heavy atom. The van der Waals surface area contributed by atoms with Crippen LogP contribution in [-0.2, 0) is 0 Å². The Morgan fingerprint density at radius 2 is 2.00 bits per heavy atom. The van der Waals surface area contributed by atoms with Crippen LogP contribution < -0.4 is 0 Å². The molecule has 0 amide bonds. The molecule has 5 heteroatoms. The van der Waals surface area contributed by atoms with Gasteiger partial charge in [0.15, 0.2) is 0 Å². The lowest BCUT2D eigenvalue weighted by Crippen LogP contribution is -2.26. The van der Waals surface area contributed by atoms with Crippen molar-refractivity contribution in [1.29, 1.82) is 0 Å². The van der Waals surface area contributed by atoms with E-state index in [2.05, 4.69) is 0 Å². The zero-order chi connectivity index (χ0) is 12.3. The highest BCUT2D eigenvalue weighted by Gasteiger charge is 2.26. The first-order valence-corrected chi connectivity index (χ1v) is 6.64. The van der Waals surface area contributed by atoms with Gasteiger partial charge in [-0.2, -0.15) is 0 Å². The molecule has 1 aromatic rings. The molecule has 0 unspecified atom stereocenters. The second-order valence-corrected chi connectivity index (χ2v) is 5.51. The van der Waals surface area contributed by atoms with E-state index < -0.39 is 0 Å². The highest BCUT2D eigenvalue weighted by Crippen LogP contribution is 2.37. The summed E-state index contributed by atoms with van der Waals surface area (Å²) in [5.74, 6) is 0. The number of hydrogen-bond acceptors (Lipinski definition) is 4. The van der Waals surface area contributed by atoms with E-state index in [-0.39, 0.29) is 22.0 Å². The van der Waals surface area contributed by atoms with Crippen LogP contribution in [0.15, 0.2) is 29.2 Å². The second kappa shape index (κ2) is 5.51. The van der Waals surface area contributed by atoms with Crippen LogP contribution >= 0.6 is 11.8 Å². The fourth-order valence-corrected chi connectivity index (χ4v) is 3.41. The smallest absolute Gasteiger partial charge is 0.282 e. The molecular formula is C12H15NO3S. The number of nitrogens with zero attached hydrogens (tertiary/aromatic N) is 1. The number of nitro benzene ring substituents is 1. The number of para-hydroxylation sites is 1. The summed E-state index contributed by atoms with van der Waals surface area (Å²) >= 11 is 1.44. The van der Waals surface area contributed by atoms with Gasteiger partial charge in [-0.1, -0.05) is 25.0 Å². The first kappa shape index (κ1) is 12.4. The van der Waals surface area contributed by atoms with E-state index in [1.807, 2.05) is 0 Å². The van der Waals surface area contributed by atoms with Crippen molar-refractivity contribution in [1.82, 2.24) is 0 Å². The Kier molecular flexibility index (Phi) is 4.02. The van der Waals surface area contributed by atoms with Gasteiger partial charge in [0.2, 0.25) is 0 Å². The molecule has 1 aromatic carbocycles. The third kappa shape index (κ3) is 2.98. The van der Waals surface area contributed by atoms with Crippen molar-refractivity contribution < 1.29 is 10.0 Å². The van der Waals surface area contributed by atoms with Gasteiger partial charge in [0, 0.05) is 11.3 Å². The topological polar surface area (TPSA) is 63.4 Å². The quantitative estimate of drug-likeness (QED) is 0.664. The van der Waals surface area contributed by atoms with Crippen LogP contribution in [0.2, 0.25) is 0 Å². The Morgan fingerprint density at radius 1 is 1.29 bits per heavy atom. The Hall–Kier alpha value is -1.07. The summed E-state index contributed by atoms with van der Waals surface area (Å²) < 4.78 is 0. The van der Waals surface area contributed by atoms with Crippen LogP contribution in [0.3, 0.4) is 0 Å². The summed E-state index contributed by atoms with van der Waals surface area (Å²) in [5.41, 5.74) is 0.135. The monoisotopic (exact) mass is 253 g/mol. The summed E-state index contributed by atoms with van der Waals surface area (Å²) in [6.45, 7) is 0. The fourth-order valence-electron chi connectivity index (χ4n) is 2.09. The normalized spacial score (nSPS) is 24.5. The molecular weight excluding hydrogens is 238 g/mol. The summed E-state index contributed by atoms with van der Waals surface area (Å²) in [7, 11) is 0. The predicted octanol–water partition coefficient (Wildman–Crippen LogP) is 2.99. The maximum atomic E-state index is 10.9. The molecule has 1 aliphatic rings. The van der Waals surface area contributed by atoms with Gasteiger partial charge in [-0.3, -0.25) is 10.1 Å². The molecule has 0 saturated heterocycles. The van der Waals surface area contributed by atoms with Crippen molar-refractivity contribution >= 4 is 17.4 Å². The third-order valence-corrected chi connectivity index (χ3v) is 4.46. The first-order chi connectivity index (χ1) is 8.18. The van der Waals surface area contributed by atoms with Crippen molar-refractivity contribution in [3.63, 3.8) is 0 Å². The minimum atomic E-state index is -0.364. The lowest BCUT2D eigenvalue weighted by atomic mass is 9.97. The van der Waals surface area contributed by atoms with E-state index in [4.69, 9.17) is 0 Å². The second-order valence-electron chi connectivity index (χ2n) is 4.23. The van der Waals surface area contributed by atoms with Crippen LogP contribution in [0.1, 0.15) is 25.7 Å². The van der Waals surface area contributed by atoms with Gasteiger partial charge in [0.25, 0.3) is 5.69 Å². The van der Waals surface area contributed by atoms with Gasteiger partial charge in [-0.05, 0) is 18.9 Å². The third-order valence-electron chi connectivity index (χ3n) is 3.01. The molecule has 0 bridgehead atoms. The lowest BCUT2D eigenvalue weighted by molar-refractivity contribution is -0.387. The van der Waals surface area contributed by atoms with Crippen LogP contribution in [0.5, 0.6) is 0 Å². The molecule has 2 atom stereocenters. The maximum absolute atomic E-state index is 10.9. The van der Waals surface area contributed by atoms with Gasteiger partial charge in [-0.25, -0.2) is 0 Å². The van der Waals surface area contributed by atoms with Crippen LogP contribution in [0.25, 0.3) is 0 Å². The molecule has 0 aromatic heterocycles. The number of nitro groups is 1. The number of benzene rings is 1. The molecule has 2 rings (SSSR count). The van der Waals surface area contributed by atoms with Gasteiger partial charge in [0.05, 0.1) is 15.9 Å². The maximum Gasteiger partial charge on any atom is 0.282 e. The lowest BCUT2D eigenvalue weighted by Gasteiger charge is -2.26. The van der Waals surface area contributed by atoms with Gasteiger partial charge >= 0.3 is 0 Å². The van der Waals surface area contributed by atoms with E-state index in [1.54, 1.807) is 18.2 Å². The standard InChI is InChI=1S/C12H15NO3S/c14-10-6-2-4-8-12(10)17-11-7-3-1-5-9(11)13(15)16/h1,3,5,7,10,12,14H,2,4,6,8H2/t10-,12-/m1/s1. The minimum Gasteiger partial charge on any atom is -0.392 e. The highest BCUT2D eigenvalue weighted by molar-refractivity contribution is 8.00. The number of hydrogen-bond donors (Lipinski definition) is 1. The summed E-state index contributed by atoms with van der Waals surface area (Å²) in [6, 6.07) is 6.73. The van der Waals surface area contributed by atoms with E-state index in [1.165, 1.54) is 17.8 Å². The fraction of sp³-hybridized carbons (Fsp3) is 0.500. The molecule has 0 aliphatic heterocycles. The molecule has 0 radical (unpaired) electrons. The Bertz CT molecular complexity index is 410.